The van der Waals surface area contributed by atoms with Gasteiger partial charge in [-0.1, -0.05) is 11.6 Å². The molecule has 2 aromatic rings. The van der Waals surface area contributed by atoms with Crippen molar-refractivity contribution in [1.29, 1.82) is 0 Å². The molecule has 0 radical (unpaired) electrons. The average Bonchev–Trinajstić information content (AvgIpc) is 2.32. The Labute approximate surface area is 108 Å². The van der Waals surface area contributed by atoms with E-state index in [1.807, 2.05) is 0 Å². The number of aromatic hydroxyl groups is 1. The molecule has 0 spiro atoms. The van der Waals surface area contributed by atoms with Crippen LogP contribution in [0, 0.1) is 0 Å². The second kappa shape index (κ2) is 5.20. The molecule has 0 atom stereocenters. The molecular formula is C12H11ClN2O3. The number of ether oxygens (including phenoxy) is 1. The van der Waals surface area contributed by atoms with Crippen LogP contribution in [0.15, 0.2) is 29.1 Å². The van der Waals surface area contributed by atoms with Crippen LogP contribution in [-0.4, -0.2) is 22.2 Å². The Bertz CT molecular complexity index is 625. The van der Waals surface area contributed by atoms with Gasteiger partial charge in [0, 0.05) is 18.7 Å². The number of aromatic nitrogens is 2. The summed E-state index contributed by atoms with van der Waals surface area (Å²) in [5, 5.41) is 9.54. The van der Waals surface area contributed by atoms with Gasteiger partial charge >= 0.3 is 0 Å². The number of nitrogens with zero attached hydrogens (tertiary/aromatic N) is 1. The maximum Gasteiger partial charge on any atom is 0.251 e. The predicted molar refractivity (Wildman–Crippen MR) is 67.7 cm³/mol. The first-order valence-electron chi connectivity index (χ1n) is 5.18. The van der Waals surface area contributed by atoms with E-state index in [1.54, 1.807) is 6.07 Å². The first-order valence-corrected chi connectivity index (χ1v) is 5.56. The van der Waals surface area contributed by atoms with Gasteiger partial charge in [-0.15, -0.1) is 0 Å². The van der Waals surface area contributed by atoms with Crippen molar-refractivity contribution in [2.45, 2.75) is 6.61 Å². The Morgan fingerprint density at radius 3 is 2.89 bits per heavy atom. The normalized spacial score (nSPS) is 10.6. The quantitative estimate of drug-likeness (QED) is 0.890. The van der Waals surface area contributed by atoms with Crippen molar-refractivity contribution in [3.8, 4) is 17.1 Å². The number of hydrogen-bond acceptors (Lipinski definition) is 4. The third-order valence-electron chi connectivity index (χ3n) is 2.31. The largest absolute Gasteiger partial charge is 0.506 e. The van der Waals surface area contributed by atoms with Gasteiger partial charge < -0.3 is 14.8 Å². The van der Waals surface area contributed by atoms with Gasteiger partial charge in [0.25, 0.3) is 5.56 Å². The summed E-state index contributed by atoms with van der Waals surface area (Å²) in [7, 11) is 1.53. The zero-order chi connectivity index (χ0) is 13.1. The Hall–Kier alpha value is -1.85. The lowest BCUT2D eigenvalue weighted by Crippen LogP contribution is -2.10. The van der Waals surface area contributed by atoms with E-state index in [0.29, 0.717) is 17.1 Å². The van der Waals surface area contributed by atoms with Crippen LogP contribution in [0.1, 0.15) is 5.69 Å². The van der Waals surface area contributed by atoms with E-state index in [-0.39, 0.29) is 22.9 Å². The van der Waals surface area contributed by atoms with Crippen molar-refractivity contribution >= 4 is 11.6 Å². The standard InChI is InChI=1S/C12H11ClN2O3/c1-18-6-8-5-11(17)15-12(14-8)7-2-3-10(16)9(13)4-7/h2-5,16H,6H2,1H3,(H,14,15,17). The summed E-state index contributed by atoms with van der Waals surface area (Å²) in [4.78, 5) is 18.3. The highest BCUT2D eigenvalue weighted by molar-refractivity contribution is 6.32. The minimum absolute atomic E-state index is 0.0178. The van der Waals surface area contributed by atoms with Crippen molar-refractivity contribution in [2.75, 3.05) is 7.11 Å². The number of rotatable bonds is 3. The molecule has 0 unspecified atom stereocenters. The van der Waals surface area contributed by atoms with E-state index in [2.05, 4.69) is 9.97 Å². The number of phenolic OH excluding ortho intramolecular Hbond substituents is 1. The lowest BCUT2D eigenvalue weighted by atomic mass is 10.2. The van der Waals surface area contributed by atoms with Crippen LogP contribution < -0.4 is 5.56 Å². The minimum atomic E-state index is -0.267. The summed E-state index contributed by atoms with van der Waals surface area (Å²) in [5.41, 5.74) is 0.879. The van der Waals surface area contributed by atoms with Crippen LogP contribution in [0.5, 0.6) is 5.75 Å². The SMILES string of the molecule is COCc1cc(=O)[nH]c(-c2ccc(O)c(Cl)c2)n1. The third kappa shape index (κ3) is 2.69. The lowest BCUT2D eigenvalue weighted by molar-refractivity contribution is 0.181. The van der Waals surface area contributed by atoms with Crippen molar-refractivity contribution in [1.82, 2.24) is 9.97 Å². The number of aromatic amines is 1. The van der Waals surface area contributed by atoms with Crippen molar-refractivity contribution < 1.29 is 9.84 Å². The highest BCUT2D eigenvalue weighted by atomic mass is 35.5. The molecule has 5 nitrogen and oxygen atoms in total. The van der Waals surface area contributed by atoms with Gasteiger partial charge in [-0.05, 0) is 18.2 Å². The predicted octanol–water partition coefficient (Wildman–Crippen LogP) is 1.94. The fourth-order valence-electron chi connectivity index (χ4n) is 1.52. The molecule has 1 aromatic carbocycles. The van der Waals surface area contributed by atoms with E-state index in [1.165, 1.54) is 25.3 Å². The molecule has 1 heterocycles. The summed E-state index contributed by atoms with van der Waals surface area (Å²) in [6.07, 6.45) is 0. The molecule has 2 rings (SSSR count). The molecule has 0 aliphatic heterocycles. The van der Waals surface area contributed by atoms with Crippen LogP contribution in [-0.2, 0) is 11.3 Å². The molecule has 0 aliphatic carbocycles. The first-order chi connectivity index (χ1) is 8.60. The monoisotopic (exact) mass is 266 g/mol. The van der Waals surface area contributed by atoms with Crippen LogP contribution in [0.4, 0.5) is 0 Å². The second-order valence-electron chi connectivity index (χ2n) is 3.68. The summed E-state index contributed by atoms with van der Waals surface area (Å²) < 4.78 is 4.94. The maximum atomic E-state index is 11.5. The molecule has 0 saturated carbocycles. The van der Waals surface area contributed by atoms with Crippen molar-refractivity contribution in [3.63, 3.8) is 0 Å². The van der Waals surface area contributed by atoms with Crippen LogP contribution in [0.3, 0.4) is 0 Å². The molecular weight excluding hydrogens is 256 g/mol. The number of hydrogen-bond donors (Lipinski definition) is 2. The van der Waals surface area contributed by atoms with E-state index in [0.717, 1.165) is 0 Å². The number of methoxy groups -OCH3 is 1. The molecule has 94 valence electrons. The van der Waals surface area contributed by atoms with Gasteiger partial charge in [0.2, 0.25) is 0 Å². The fraction of sp³-hybridized carbons (Fsp3) is 0.167. The van der Waals surface area contributed by atoms with Crippen LogP contribution in [0.2, 0.25) is 5.02 Å². The molecule has 18 heavy (non-hydrogen) atoms. The number of H-pyrrole nitrogens is 1. The van der Waals surface area contributed by atoms with E-state index < -0.39 is 0 Å². The van der Waals surface area contributed by atoms with E-state index in [4.69, 9.17) is 16.3 Å². The summed E-state index contributed by atoms with van der Waals surface area (Å²) in [6.45, 7) is 0.253. The van der Waals surface area contributed by atoms with Gasteiger partial charge in [0.15, 0.2) is 0 Å². The fourth-order valence-corrected chi connectivity index (χ4v) is 1.70. The number of nitrogens with one attached hydrogen (secondary N) is 1. The van der Waals surface area contributed by atoms with Gasteiger partial charge in [-0.3, -0.25) is 4.79 Å². The Morgan fingerprint density at radius 2 is 2.22 bits per heavy atom. The lowest BCUT2D eigenvalue weighted by Gasteiger charge is -2.05. The molecule has 0 saturated heterocycles. The highest BCUT2D eigenvalue weighted by Crippen LogP contribution is 2.27. The van der Waals surface area contributed by atoms with Gasteiger partial charge in [0.05, 0.1) is 17.3 Å². The molecule has 0 amide bonds. The third-order valence-corrected chi connectivity index (χ3v) is 2.61. The Morgan fingerprint density at radius 1 is 1.44 bits per heavy atom. The maximum absolute atomic E-state index is 11.5. The Kier molecular flexibility index (Phi) is 3.64. The zero-order valence-corrected chi connectivity index (χ0v) is 10.4. The first kappa shape index (κ1) is 12.6. The molecule has 0 bridgehead atoms. The van der Waals surface area contributed by atoms with Crippen LogP contribution in [0.25, 0.3) is 11.4 Å². The molecule has 1 aromatic heterocycles. The van der Waals surface area contributed by atoms with Gasteiger partial charge in [-0.2, -0.15) is 0 Å². The Balaban J connectivity index is 2.49. The van der Waals surface area contributed by atoms with E-state index >= 15 is 0 Å². The molecule has 0 fully saturated rings. The van der Waals surface area contributed by atoms with Gasteiger partial charge in [-0.25, -0.2) is 4.98 Å². The number of phenols is 1. The van der Waals surface area contributed by atoms with E-state index in [9.17, 15) is 9.90 Å². The van der Waals surface area contributed by atoms with Crippen molar-refractivity contribution in [3.05, 3.63) is 45.3 Å². The molecule has 2 N–H and O–H groups in total. The summed E-state index contributed by atoms with van der Waals surface area (Å²) in [6, 6.07) is 5.97. The summed E-state index contributed by atoms with van der Waals surface area (Å²) >= 11 is 5.81. The minimum Gasteiger partial charge on any atom is -0.506 e. The smallest absolute Gasteiger partial charge is 0.251 e. The van der Waals surface area contributed by atoms with Crippen molar-refractivity contribution in [2.24, 2.45) is 0 Å². The topological polar surface area (TPSA) is 75.2 Å². The van der Waals surface area contributed by atoms with Crippen LogP contribution >= 0.6 is 11.6 Å². The number of halogens is 1. The molecule has 0 aliphatic rings. The average molecular weight is 267 g/mol. The van der Waals surface area contributed by atoms with Gasteiger partial charge in [0.1, 0.15) is 11.6 Å². The summed E-state index contributed by atoms with van der Waals surface area (Å²) in [5.74, 6) is 0.368. The zero-order valence-electron chi connectivity index (χ0n) is 9.61. The second-order valence-corrected chi connectivity index (χ2v) is 4.09. The number of benzene rings is 1. The molecule has 6 heteroatoms. The highest BCUT2D eigenvalue weighted by Gasteiger charge is 2.06.